The third-order valence-corrected chi connectivity index (χ3v) is 2.28. The van der Waals surface area contributed by atoms with Gasteiger partial charge in [0.2, 0.25) is 0 Å². The summed E-state index contributed by atoms with van der Waals surface area (Å²) in [7, 11) is 0. The van der Waals surface area contributed by atoms with Crippen LogP contribution in [0.25, 0.3) is 0 Å². The molecule has 0 radical (unpaired) electrons. The molecule has 0 fully saturated rings. The normalized spacial score (nSPS) is 10.0. The number of aromatic amines is 1. The lowest BCUT2D eigenvalue weighted by Gasteiger charge is -2.06. The zero-order valence-electron chi connectivity index (χ0n) is 9.72. The molecular weight excluding hydrogens is 232 g/mol. The number of nitrogens with one attached hydrogen (secondary N) is 2. The van der Waals surface area contributed by atoms with E-state index in [1.165, 1.54) is 0 Å². The number of nitrogens with zero attached hydrogens (tertiary/aromatic N) is 1. The molecule has 0 unspecified atom stereocenters. The summed E-state index contributed by atoms with van der Waals surface area (Å²) >= 11 is 0. The number of rotatable bonds is 5. The Labute approximate surface area is 104 Å². The minimum absolute atomic E-state index is 0.0297. The first kappa shape index (κ1) is 12.0. The van der Waals surface area contributed by atoms with Gasteiger partial charge in [0, 0.05) is 11.9 Å². The first-order valence-electron chi connectivity index (χ1n) is 5.46. The maximum absolute atomic E-state index is 11.5. The van der Waals surface area contributed by atoms with Gasteiger partial charge in [0.15, 0.2) is 6.61 Å². The maximum atomic E-state index is 11.5. The van der Waals surface area contributed by atoms with Crippen LogP contribution in [0, 0.1) is 0 Å². The third kappa shape index (κ3) is 3.51. The molecule has 94 valence electrons. The Bertz CT molecular complexity index is 493. The Balaban J connectivity index is 1.73. The van der Waals surface area contributed by atoms with Gasteiger partial charge in [-0.3, -0.25) is 4.79 Å². The molecule has 0 atom stereocenters. The predicted octanol–water partition coefficient (Wildman–Crippen LogP) is 0.687. The van der Waals surface area contributed by atoms with Crippen molar-refractivity contribution in [3.05, 3.63) is 42.5 Å². The molecule has 18 heavy (non-hydrogen) atoms. The van der Waals surface area contributed by atoms with Gasteiger partial charge in [-0.1, -0.05) is 0 Å². The van der Waals surface area contributed by atoms with Crippen LogP contribution in [0.3, 0.4) is 0 Å². The Hall–Kier alpha value is -2.50. The number of H-pyrrole nitrogens is 1. The smallest absolute Gasteiger partial charge is 0.258 e. The molecule has 0 spiro atoms. The van der Waals surface area contributed by atoms with E-state index >= 15 is 0 Å². The monoisotopic (exact) mass is 246 g/mol. The highest BCUT2D eigenvalue weighted by atomic mass is 16.5. The molecule has 1 amide bonds. The molecule has 0 saturated carbocycles. The van der Waals surface area contributed by atoms with E-state index in [2.05, 4.69) is 15.3 Å². The molecule has 6 nitrogen and oxygen atoms in total. The highest BCUT2D eigenvalue weighted by molar-refractivity contribution is 5.77. The van der Waals surface area contributed by atoms with Crippen molar-refractivity contribution in [3.63, 3.8) is 0 Å². The predicted molar refractivity (Wildman–Crippen MR) is 66.8 cm³/mol. The number of aromatic nitrogens is 2. The number of benzene rings is 1. The lowest BCUT2D eigenvalue weighted by Crippen LogP contribution is -2.28. The van der Waals surface area contributed by atoms with Crippen molar-refractivity contribution in [3.8, 4) is 5.75 Å². The van der Waals surface area contributed by atoms with Crippen molar-refractivity contribution in [2.75, 3.05) is 12.3 Å². The number of anilines is 1. The standard InChI is InChI=1S/C12H14N4O2/c13-9-1-3-11(4-2-9)18-7-12(17)15-6-10-5-14-8-16-10/h1-5,8H,6-7,13H2,(H,14,16)(H,15,17). The molecule has 1 aromatic heterocycles. The fourth-order valence-corrected chi connectivity index (χ4v) is 1.34. The van der Waals surface area contributed by atoms with Gasteiger partial charge >= 0.3 is 0 Å². The van der Waals surface area contributed by atoms with Crippen molar-refractivity contribution < 1.29 is 9.53 Å². The van der Waals surface area contributed by atoms with Crippen LogP contribution in [0.2, 0.25) is 0 Å². The topological polar surface area (TPSA) is 93.0 Å². The molecule has 0 aliphatic rings. The molecule has 4 N–H and O–H groups in total. The first-order chi connectivity index (χ1) is 8.74. The SMILES string of the molecule is Nc1ccc(OCC(=O)NCc2cnc[nH]2)cc1. The Morgan fingerprint density at radius 1 is 1.39 bits per heavy atom. The molecular formula is C12H14N4O2. The zero-order valence-corrected chi connectivity index (χ0v) is 9.72. The van der Waals surface area contributed by atoms with Crippen LogP contribution in [0.1, 0.15) is 5.69 Å². The molecule has 1 heterocycles. The van der Waals surface area contributed by atoms with Gasteiger partial charge in [-0.05, 0) is 24.3 Å². The molecule has 2 rings (SSSR count). The molecule has 0 aliphatic heterocycles. The number of imidazole rings is 1. The minimum atomic E-state index is -0.193. The zero-order chi connectivity index (χ0) is 12.8. The third-order valence-electron chi connectivity index (χ3n) is 2.28. The van der Waals surface area contributed by atoms with E-state index in [-0.39, 0.29) is 12.5 Å². The summed E-state index contributed by atoms with van der Waals surface area (Å²) in [4.78, 5) is 18.2. The lowest BCUT2D eigenvalue weighted by atomic mass is 10.3. The summed E-state index contributed by atoms with van der Waals surface area (Å²) in [6.45, 7) is 0.377. The van der Waals surface area contributed by atoms with Crippen LogP contribution in [-0.2, 0) is 11.3 Å². The van der Waals surface area contributed by atoms with Gasteiger partial charge in [0.1, 0.15) is 5.75 Å². The average molecular weight is 246 g/mol. The fraction of sp³-hybridized carbons (Fsp3) is 0.167. The molecule has 2 aromatic rings. The van der Waals surface area contributed by atoms with Crippen LogP contribution in [0.5, 0.6) is 5.75 Å². The summed E-state index contributed by atoms with van der Waals surface area (Å²) in [5.74, 6) is 0.419. The summed E-state index contributed by atoms with van der Waals surface area (Å²) in [6.07, 6.45) is 3.22. The second kappa shape index (κ2) is 5.72. The Kier molecular flexibility index (Phi) is 3.80. The summed E-state index contributed by atoms with van der Waals surface area (Å²) in [5.41, 5.74) is 7.04. The quantitative estimate of drug-likeness (QED) is 0.676. The first-order valence-corrected chi connectivity index (χ1v) is 5.46. The van der Waals surface area contributed by atoms with E-state index in [1.54, 1.807) is 36.8 Å². The van der Waals surface area contributed by atoms with Gasteiger partial charge in [0.25, 0.3) is 5.91 Å². The molecule has 1 aromatic carbocycles. The number of nitrogens with two attached hydrogens (primary N) is 1. The number of nitrogen functional groups attached to an aromatic ring is 1. The summed E-state index contributed by atoms with van der Waals surface area (Å²) < 4.78 is 5.30. The minimum Gasteiger partial charge on any atom is -0.484 e. The Morgan fingerprint density at radius 2 is 2.17 bits per heavy atom. The van der Waals surface area contributed by atoms with E-state index in [1.807, 2.05) is 0 Å². The number of carbonyl (C=O) groups is 1. The largest absolute Gasteiger partial charge is 0.484 e. The van der Waals surface area contributed by atoms with Crippen molar-refractivity contribution in [2.45, 2.75) is 6.54 Å². The van der Waals surface area contributed by atoms with E-state index in [4.69, 9.17) is 10.5 Å². The maximum Gasteiger partial charge on any atom is 0.258 e. The van der Waals surface area contributed by atoms with Gasteiger partial charge in [-0.2, -0.15) is 0 Å². The number of ether oxygens (including phenoxy) is 1. The van der Waals surface area contributed by atoms with Crippen molar-refractivity contribution in [1.29, 1.82) is 0 Å². The second-order valence-electron chi connectivity index (χ2n) is 3.71. The number of carbonyl (C=O) groups excluding carboxylic acids is 1. The second-order valence-corrected chi connectivity index (χ2v) is 3.71. The molecule has 0 saturated heterocycles. The number of amides is 1. The van der Waals surface area contributed by atoms with E-state index in [0.717, 1.165) is 5.69 Å². The van der Waals surface area contributed by atoms with Crippen LogP contribution < -0.4 is 15.8 Å². The van der Waals surface area contributed by atoms with E-state index in [0.29, 0.717) is 18.0 Å². The highest BCUT2D eigenvalue weighted by Crippen LogP contribution is 2.12. The number of hydrogen-bond acceptors (Lipinski definition) is 4. The summed E-state index contributed by atoms with van der Waals surface area (Å²) in [5, 5.41) is 2.71. The van der Waals surface area contributed by atoms with Crippen LogP contribution in [0.4, 0.5) is 5.69 Å². The van der Waals surface area contributed by atoms with Crippen LogP contribution in [0.15, 0.2) is 36.8 Å². The van der Waals surface area contributed by atoms with Crippen LogP contribution >= 0.6 is 0 Å². The molecule has 0 bridgehead atoms. The van der Waals surface area contributed by atoms with E-state index < -0.39 is 0 Å². The molecule has 0 aliphatic carbocycles. The fourth-order valence-electron chi connectivity index (χ4n) is 1.34. The van der Waals surface area contributed by atoms with E-state index in [9.17, 15) is 4.79 Å². The number of hydrogen-bond donors (Lipinski definition) is 3. The van der Waals surface area contributed by atoms with Crippen molar-refractivity contribution in [2.24, 2.45) is 0 Å². The van der Waals surface area contributed by atoms with Gasteiger partial charge < -0.3 is 20.8 Å². The average Bonchev–Trinajstić information content (AvgIpc) is 2.89. The van der Waals surface area contributed by atoms with Gasteiger partial charge in [-0.15, -0.1) is 0 Å². The Morgan fingerprint density at radius 3 is 2.83 bits per heavy atom. The highest BCUT2D eigenvalue weighted by Gasteiger charge is 2.03. The lowest BCUT2D eigenvalue weighted by molar-refractivity contribution is -0.123. The van der Waals surface area contributed by atoms with Crippen LogP contribution in [-0.4, -0.2) is 22.5 Å². The van der Waals surface area contributed by atoms with Gasteiger partial charge in [0.05, 0.1) is 18.6 Å². The van der Waals surface area contributed by atoms with Gasteiger partial charge in [-0.25, -0.2) is 4.98 Å². The molecule has 6 heteroatoms. The van der Waals surface area contributed by atoms with Crippen molar-refractivity contribution >= 4 is 11.6 Å². The van der Waals surface area contributed by atoms with Crippen molar-refractivity contribution in [1.82, 2.24) is 15.3 Å². The summed E-state index contributed by atoms with van der Waals surface area (Å²) in [6, 6.07) is 6.88.